The highest BCUT2D eigenvalue weighted by atomic mass is 31.2. The Morgan fingerprint density at radius 1 is 0.600 bits per heavy atom. The Labute approximate surface area is 243 Å². The van der Waals surface area contributed by atoms with E-state index in [4.69, 9.17) is 0 Å². The van der Waals surface area contributed by atoms with Gasteiger partial charge in [0.15, 0.2) is 0 Å². The van der Waals surface area contributed by atoms with Crippen molar-refractivity contribution in [3.05, 3.63) is 121 Å². The summed E-state index contributed by atoms with van der Waals surface area (Å²) in [6, 6.07) is 40.2. The Bertz CT molecular complexity index is 1410. The third-order valence-electron chi connectivity index (χ3n) is 9.64. The van der Waals surface area contributed by atoms with E-state index in [1.807, 2.05) is 121 Å². The van der Waals surface area contributed by atoms with E-state index in [1.165, 1.54) is 0 Å². The fourth-order valence-electron chi connectivity index (χ4n) is 7.41. The zero-order valence-electron chi connectivity index (χ0n) is 23.3. The van der Waals surface area contributed by atoms with Crippen LogP contribution in [-0.2, 0) is 9.13 Å². The van der Waals surface area contributed by atoms with Gasteiger partial charge in [0.05, 0.1) is 0 Å². The maximum absolute atomic E-state index is 15.6. The molecule has 3 fully saturated rings. The van der Waals surface area contributed by atoms with Gasteiger partial charge in [-0.1, -0.05) is 135 Å². The Morgan fingerprint density at radius 2 is 0.975 bits per heavy atom. The molecule has 0 aliphatic heterocycles. The lowest BCUT2D eigenvalue weighted by Crippen LogP contribution is -2.59. The molecular weight excluding hydrogens is 524 g/mol. The van der Waals surface area contributed by atoms with Crippen molar-refractivity contribution in [3.63, 3.8) is 0 Å². The van der Waals surface area contributed by atoms with Gasteiger partial charge in [0.1, 0.15) is 14.3 Å². The lowest BCUT2D eigenvalue weighted by Gasteiger charge is -2.64. The van der Waals surface area contributed by atoms with Gasteiger partial charge in [0, 0.05) is 49.9 Å². The summed E-state index contributed by atoms with van der Waals surface area (Å²) < 4.78 is 30.9. The molecule has 2 bridgehead atoms. The Kier molecular flexibility index (Phi) is 8.94. The number of benzene rings is 4. The van der Waals surface area contributed by atoms with Crippen LogP contribution < -0.4 is 21.2 Å². The largest absolute Gasteiger partial charge is 0.314 e. The molecular formula is C34H36B2O2P2. The predicted octanol–water partition coefficient (Wildman–Crippen LogP) is 6.30. The van der Waals surface area contributed by atoms with Crippen LogP contribution in [0, 0.1) is 23.2 Å². The van der Waals surface area contributed by atoms with Gasteiger partial charge in [0.2, 0.25) is 0 Å². The zero-order valence-corrected chi connectivity index (χ0v) is 25.1. The molecule has 6 heteroatoms. The van der Waals surface area contributed by atoms with E-state index in [-0.39, 0.29) is 33.8 Å². The minimum Gasteiger partial charge on any atom is -0.314 e. The van der Waals surface area contributed by atoms with Crippen molar-refractivity contribution < 1.29 is 9.13 Å². The molecule has 2 nitrogen and oxygen atoms in total. The summed E-state index contributed by atoms with van der Waals surface area (Å²) in [6.45, 7) is 4.75. The van der Waals surface area contributed by atoms with Gasteiger partial charge >= 0.3 is 0 Å². The maximum Gasteiger partial charge on any atom is 0.146 e. The summed E-state index contributed by atoms with van der Waals surface area (Å²) >= 11 is 0. The van der Waals surface area contributed by atoms with Crippen molar-refractivity contribution in [2.24, 2.45) is 23.2 Å². The van der Waals surface area contributed by atoms with Gasteiger partial charge in [-0.05, 0) is 36.0 Å². The molecule has 200 valence electrons. The number of fused-ring (bicyclic) bond motifs is 2. The van der Waals surface area contributed by atoms with Crippen molar-refractivity contribution in [2.45, 2.75) is 32.3 Å². The first-order valence-electron chi connectivity index (χ1n) is 13.8. The molecule has 2 unspecified atom stereocenters. The lowest BCUT2D eigenvalue weighted by molar-refractivity contribution is -0.0953. The molecule has 0 N–H and O–H groups in total. The fourth-order valence-corrected chi connectivity index (χ4v) is 14.4. The van der Waals surface area contributed by atoms with Crippen LogP contribution >= 0.6 is 14.3 Å². The molecule has 0 saturated heterocycles. The molecule has 6 radical (unpaired) electrons. The first-order chi connectivity index (χ1) is 18.3. The summed E-state index contributed by atoms with van der Waals surface area (Å²) in [6.07, 6.45) is 2.61. The Balaban J connectivity index is 0.00000185. The lowest BCUT2D eigenvalue weighted by atomic mass is 9.46. The van der Waals surface area contributed by atoms with Crippen molar-refractivity contribution >= 4 is 52.3 Å². The molecule has 0 amide bonds. The highest BCUT2D eigenvalue weighted by molar-refractivity contribution is 7.80. The van der Waals surface area contributed by atoms with Crippen molar-refractivity contribution in [3.8, 4) is 0 Å². The van der Waals surface area contributed by atoms with Gasteiger partial charge in [0.25, 0.3) is 0 Å². The second-order valence-electron chi connectivity index (χ2n) is 11.7. The van der Waals surface area contributed by atoms with Crippen molar-refractivity contribution in [1.82, 2.24) is 0 Å². The molecule has 4 atom stereocenters. The van der Waals surface area contributed by atoms with Crippen LogP contribution in [-0.4, -0.2) is 28.6 Å². The third-order valence-corrected chi connectivity index (χ3v) is 16.5. The predicted molar refractivity (Wildman–Crippen MR) is 173 cm³/mol. The SMILES string of the molecule is CC1(C)C2CC1[C@@H](CP(=O)(c1ccccc1)c1ccccc1)[C@@H](P(=O)(c1ccccc1)c1ccccc1)C2.[B].[B]. The third kappa shape index (κ3) is 4.93. The Hall–Kier alpha value is -2.53. The second-order valence-corrected chi connectivity index (χ2v) is 17.6. The van der Waals surface area contributed by atoms with Gasteiger partial charge in [-0.25, -0.2) is 0 Å². The van der Waals surface area contributed by atoms with Gasteiger partial charge in [-0.15, -0.1) is 0 Å². The van der Waals surface area contributed by atoms with E-state index < -0.39 is 14.3 Å². The minimum absolute atomic E-state index is 0. The summed E-state index contributed by atoms with van der Waals surface area (Å²) in [4.78, 5) is 0. The molecule has 4 aromatic carbocycles. The van der Waals surface area contributed by atoms with Crippen LogP contribution in [0.2, 0.25) is 0 Å². The minimum atomic E-state index is -3.01. The summed E-state index contributed by atoms with van der Waals surface area (Å²) in [7, 11) is -5.98. The first kappa shape index (κ1) is 30.4. The van der Waals surface area contributed by atoms with E-state index in [0.717, 1.165) is 34.1 Å². The topological polar surface area (TPSA) is 34.1 Å². The first-order valence-corrected chi connectivity index (χ1v) is 17.4. The van der Waals surface area contributed by atoms with Crippen LogP contribution in [0.4, 0.5) is 0 Å². The molecule has 0 heterocycles. The number of rotatable bonds is 7. The van der Waals surface area contributed by atoms with Crippen molar-refractivity contribution in [2.75, 3.05) is 6.16 Å². The van der Waals surface area contributed by atoms with E-state index >= 15 is 9.13 Å². The highest BCUT2D eigenvalue weighted by Gasteiger charge is 2.62. The monoisotopic (exact) mass is 560 g/mol. The van der Waals surface area contributed by atoms with Gasteiger partial charge in [-0.2, -0.15) is 0 Å². The molecule has 0 spiro atoms. The van der Waals surface area contributed by atoms with Crippen LogP contribution in [0.5, 0.6) is 0 Å². The second kappa shape index (κ2) is 11.8. The van der Waals surface area contributed by atoms with Crippen LogP contribution in [0.3, 0.4) is 0 Å². The number of hydrogen-bond donors (Lipinski definition) is 0. The van der Waals surface area contributed by atoms with Gasteiger partial charge < -0.3 is 9.13 Å². The van der Waals surface area contributed by atoms with E-state index in [2.05, 4.69) is 13.8 Å². The zero-order chi connectivity index (χ0) is 26.4. The molecule has 4 aromatic rings. The number of hydrogen-bond acceptors (Lipinski definition) is 2. The van der Waals surface area contributed by atoms with Crippen LogP contribution in [0.15, 0.2) is 121 Å². The van der Waals surface area contributed by atoms with E-state index in [1.54, 1.807) is 0 Å². The normalized spacial score (nSPS) is 23.1. The van der Waals surface area contributed by atoms with Crippen LogP contribution in [0.25, 0.3) is 0 Å². The highest BCUT2D eigenvalue weighted by Crippen LogP contribution is 2.70. The molecule has 3 aliphatic rings. The maximum atomic E-state index is 15.6. The van der Waals surface area contributed by atoms with Crippen molar-refractivity contribution in [1.29, 1.82) is 0 Å². The molecule has 40 heavy (non-hydrogen) atoms. The van der Waals surface area contributed by atoms with E-state index in [9.17, 15) is 0 Å². The summed E-state index contributed by atoms with van der Waals surface area (Å²) in [5.74, 6) is 1.03. The molecule has 7 rings (SSSR count). The Morgan fingerprint density at radius 3 is 1.35 bits per heavy atom. The molecule has 0 aromatic heterocycles. The van der Waals surface area contributed by atoms with Gasteiger partial charge in [-0.3, -0.25) is 0 Å². The van der Waals surface area contributed by atoms with Crippen LogP contribution in [0.1, 0.15) is 26.7 Å². The average molecular weight is 560 g/mol. The van der Waals surface area contributed by atoms with E-state index in [0.29, 0.717) is 18.0 Å². The quantitative estimate of drug-likeness (QED) is 0.196. The molecule has 3 aliphatic carbocycles. The fraction of sp³-hybridized carbons (Fsp3) is 0.294. The summed E-state index contributed by atoms with van der Waals surface area (Å²) in [5, 5.41) is 3.65. The standard InChI is InChI=1S/C34H36O2P2.2B/c1-34(2)26-23-32(34)31(25-37(35,27-15-7-3-8-16-27)28-17-9-4-10-18-28)33(24-26)38(36,29-19-11-5-12-20-29)30-21-13-6-14-22-30;;/h3-22,26,31-33H,23-25H2,1-2H3;;/t26?,31-,32?,33+;;/m1../s1. The smallest absolute Gasteiger partial charge is 0.146 e. The summed E-state index contributed by atoms with van der Waals surface area (Å²) in [5.41, 5.74) is 0.127. The molecule has 3 saturated carbocycles. The average Bonchev–Trinajstić information content (AvgIpc) is 2.98.